The van der Waals surface area contributed by atoms with Crippen LogP contribution in [0, 0.1) is 6.92 Å². The fraction of sp³-hybridized carbons (Fsp3) is 0.333. The van der Waals surface area contributed by atoms with E-state index in [-0.39, 0.29) is 5.11 Å². The van der Waals surface area contributed by atoms with E-state index in [1.165, 1.54) is 7.11 Å². The number of ether oxygens (including phenoxy) is 1. The van der Waals surface area contributed by atoms with Crippen LogP contribution in [0.25, 0.3) is 0 Å². The molecule has 1 rings (SSSR count). The van der Waals surface area contributed by atoms with E-state index in [4.69, 9.17) is 57.5 Å². The van der Waals surface area contributed by atoms with Crippen LogP contribution in [0.1, 0.15) is 11.1 Å². The molecule has 0 fully saturated rings. The predicted octanol–water partition coefficient (Wildman–Crippen LogP) is 2.92. The van der Waals surface area contributed by atoms with Crippen molar-refractivity contribution in [2.75, 3.05) is 7.11 Å². The number of methoxy groups -OCH3 is 1. The Labute approximate surface area is 138 Å². The van der Waals surface area contributed by atoms with Gasteiger partial charge in [-0.3, -0.25) is 0 Å². The molecule has 0 aliphatic carbocycles. The molecule has 0 radical (unpaired) electrons. The summed E-state index contributed by atoms with van der Waals surface area (Å²) in [6.07, 6.45) is -0.957. The molecule has 3 N–H and O–H groups in total. The lowest BCUT2D eigenvalue weighted by Crippen LogP contribution is -2.45. The minimum absolute atomic E-state index is 0.0237. The number of nitrogens with one attached hydrogen (secondary N) is 1. The van der Waals surface area contributed by atoms with Crippen molar-refractivity contribution in [3.8, 4) is 0 Å². The van der Waals surface area contributed by atoms with Crippen molar-refractivity contribution in [2.45, 2.75) is 16.9 Å². The maximum Gasteiger partial charge on any atom is 0.230 e. The molecule has 110 valence electrons. The fourth-order valence-electron chi connectivity index (χ4n) is 1.38. The van der Waals surface area contributed by atoms with Crippen LogP contribution >= 0.6 is 47.0 Å². The molecule has 0 unspecified atom stereocenters. The van der Waals surface area contributed by atoms with Gasteiger partial charge in [-0.05, 0) is 31.3 Å². The van der Waals surface area contributed by atoms with Crippen LogP contribution < -0.4 is 11.1 Å². The topological polar surface area (TPSA) is 59.6 Å². The van der Waals surface area contributed by atoms with Gasteiger partial charge in [0.25, 0.3) is 0 Å². The molecule has 1 atom stereocenters. The number of aryl methyl sites for hydroxylation is 1. The van der Waals surface area contributed by atoms with Crippen LogP contribution in [0.3, 0.4) is 0 Å². The van der Waals surface area contributed by atoms with E-state index in [0.717, 1.165) is 11.1 Å². The molecule has 0 spiro atoms. The van der Waals surface area contributed by atoms with Crippen molar-refractivity contribution < 1.29 is 4.74 Å². The van der Waals surface area contributed by atoms with E-state index >= 15 is 0 Å². The third-order valence-electron chi connectivity index (χ3n) is 2.33. The highest BCUT2D eigenvalue weighted by atomic mass is 35.6. The molecule has 1 aromatic carbocycles. The van der Waals surface area contributed by atoms with Crippen LogP contribution in [0.4, 0.5) is 0 Å². The van der Waals surface area contributed by atoms with Gasteiger partial charge in [0.15, 0.2) is 11.3 Å². The molecule has 0 saturated heterocycles. The lowest BCUT2D eigenvalue weighted by molar-refractivity contribution is 0.397. The Morgan fingerprint density at radius 2 is 1.90 bits per heavy atom. The highest BCUT2D eigenvalue weighted by Gasteiger charge is 2.33. The first-order chi connectivity index (χ1) is 9.24. The van der Waals surface area contributed by atoms with Gasteiger partial charge < -0.3 is 15.8 Å². The first-order valence-corrected chi connectivity index (χ1v) is 7.09. The van der Waals surface area contributed by atoms with Crippen LogP contribution in [-0.4, -0.2) is 28.1 Å². The Morgan fingerprint density at radius 3 is 2.30 bits per heavy atom. The number of rotatable bonds is 3. The van der Waals surface area contributed by atoms with Crippen molar-refractivity contribution in [3.05, 3.63) is 35.4 Å². The van der Waals surface area contributed by atoms with E-state index in [0.29, 0.717) is 5.90 Å². The van der Waals surface area contributed by atoms with Gasteiger partial charge in [0.05, 0.1) is 7.11 Å². The molecule has 8 heteroatoms. The second kappa shape index (κ2) is 7.31. The van der Waals surface area contributed by atoms with Gasteiger partial charge in [0.1, 0.15) is 0 Å². The van der Waals surface area contributed by atoms with Crippen LogP contribution in [0.5, 0.6) is 0 Å². The summed E-state index contributed by atoms with van der Waals surface area (Å²) in [4.78, 5) is 4.23. The van der Waals surface area contributed by atoms with Crippen molar-refractivity contribution in [2.24, 2.45) is 10.7 Å². The van der Waals surface area contributed by atoms with E-state index in [1.54, 1.807) is 0 Å². The molecule has 0 heterocycles. The minimum Gasteiger partial charge on any atom is -0.481 e. The summed E-state index contributed by atoms with van der Waals surface area (Å²) in [7, 11) is 1.48. The van der Waals surface area contributed by atoms with Gasteiger partial charge in [-0.25, -0.2) is 4.99 Å². The Morgan fingerprint density at radius 1 is 1.35 bits per heavy atom. The normalized spacial score (nSPS) is 13.8. The zero-order chi connectivity index (χ0) is 15.3. The first-order valence-electron chi connectivity index (χ1n) is 5.55. The number of alkyl halides is 3. The Balaban J connectivity index is 3.11. The smallest absolute Gasteiger partial charge is 0.230 e. The monoisotopic (exact) mass is 353 g/mol. The van der Waals surface area contributed by atoms with Crippen LogP contribution in [-0.2, 0) is 4.74 Å². The molecule has 0 amide bonds. The molecule has 1 aromatic rings. The van der Waals surface area contributed by atoms with Crippen LogP contribution in [0.2, 0.25) is 0 Å². The minimum atomic E-state index is -1.72. The van der Waals surface area contributed by atoms with E-state index in [9.17, 15) is 0 Å². The largest absolute Gasteiger partial charge is 0.481 e. The molecule has 0 aliphatic rings. The molecule has 4 nitrogen and oxygen atoms in total. The third-order valence-corrected chi connectivity index (χ3v) is 3.07. The second-order valence-electron chi connectivity index (χ2n) is 3.96. The molecule has 0 aliphatic heterocycles. The van der Waals surface area contributed by atoms with Gasteiger partial charge in [-0.1, -0.05) is 52.5 Å². The Kier molecular flexibility index (Phi) is 6.33. The Bertz CT molecular complexity index is 500. The molecular weight excluding hydrogens is 341 g/mol. The Hall–Kier alpha value is -0.750. The fourth-order valence-corrected chi connectivity index (χ4v) is 1.80. The summed E-state index contributed by atoms with van der Waals surface area (Å²) in [6, 6.07) is 7.56. The van der Waals surface area contributed by atoms with E-state index in [2.05, 4.69) is 10.3 Å². The summed E-state index contributed by atoms with van der Waals surface area (Å²) in [5.41, 5.74) is 7.27. The van der Waals surface area contributed by atoms with E-state index in [1.807, 2.05) is 31.2 Å². The summed E-state index contributed by atoms with van der Waals surface area (Å²) in [5, 5.41) is 2.59. The SMILES string of the molecule is COC(=N[C@@H](NC(N)=S)C(Cl)(Cl)Cl)c1ccc(C)cc1. The number of halogens is 3. The molecule has 20 heavy (non-hydrogen) atoms. The zero-order valence-corrected chi connectivity index (χ0v) is 13.9. The number of nitrogens with two attached hydrogens (primary N) is 1. The summed E-state index contributed by atoms with van der Waals surface area (Å²) in [6.45, 7) is 1.98. The van der Waals surface area contributed by atoms with Gasteiger partial charge >= 0.3 is 0 Å². The first kappa shape index (κ1) is 17.3. The average Bonchev–Trinajstić information content (AvgIpc) is 2.34. The predicted molar refractivity (Wildman–Crippen MR) is 88.7 cm³/mol. The van der Waals surface area contributed by atoms with Crippen molar-refractivity contribution >= 4 is 58.0 Å². The summed E-state index contributed by atoms with van der Waals surface area (Å²) in [5.74, 6) is 0.310. The second-order valence-corrected chi connectivity index (χ2v) is 6.77. The standard InChI is InChI=1S/C12H14Cl3N3OS/c1-7-3-5-8(6-4-7)9(19-2)17-10(12(13,14)15)18-11(16)20/h3-6,10H,1-2H3,(H3,16,18,20)/t10-/m0/s1. The zero-order valence-electron chi connectivity index (χ0n) is 10.9. The summed E-state index contributed by atoms with van der Waals surface area (Å²) >= 11 is 22.3. The lowest BCUT2D eigenvalue weighted by atomic mass is 10.1. The highest BCUT2D eigenvalue weighted by molar-refractivity contribution is 7.80. The summed E-state index contributed by atoms with van der Waals surface area (Å²) < 4.78 is 3.51. The van der Waals surface area contributed by atoms with Gasteiger partial charge in [-0.15, -0.1) is 0 Å². The molecule has 0 aromatic heterocycles. The number of hydrogen-bond donors (Lipinski definition) is 2. The van der Waals surface area contributed by atoms with Crippen LogP contribution in [0.15, 0.2) is 29.3 Å². The number of nitrogens with zero attached hydrogens (tertiary/aromatic N) is 1. The molecular formula is C12H14Cl3N3OS. The number of thiocarbonyl (C=S) groups is 1. The quantitative estimate of drug-likeness (QED) is 0.379. The van der Waals surface area contributed by atoms with Crippen molar-refractivity contribution in [3.63, 3.8) is 0 Å². The number of aliphatic imine (C=N–C) groups is 1. The molecule has 0 saturated carbocycles. The van der Waals surface area contributed by atoms with E-state index < -0.39 is 9.96 Å². The van der Waals surface area contributed by atoms with Crippen molar-refractivity contribution in [1.82, 2.24) is 5.32 Å². The number of hydrogen-bond acceptors (Lipinski definition) is 3. The number of benzene rings is 1. The van der Waals surface area contributed by atoms with Crippen molar-refractivity contribution in [1.29, 1.82) is 0 Å². The highest BCUT2D eigenvalue weighted by Crippen LogP contribution is 2.31. The lowest BCUT2D eigenvalue weighted by Gasteiger charge is -2.22. The maximum atomic E-state index is 5.85. The van der Waals surface area contributed by atoms with Gasteiger partial charge in [0.2, 0.25) is 9.69 Å². The molecule has 0 bridgehead atoms. The third kappa shape index (κ3) is 5.32. The maximum absolute atomic E-state index is 5.85. The van der Waals surface area contributed by atoms with Gasteiger partial charge in [-0.2, -0.15) is 0 Å². The average molecular weight is 355 g/mol. The van der Waals surface area contributed by atoms with Gasteiger partial charge in [0, 0.05) is 5.56 Å².